The molecule has 0 unspecified atom stereocenters. The lowest BCUT2D eigenvalue weighted by Gasteiger charge is -2.22. The second-order valence-electron chi connectivity index (χ2n) is 5.49. The van der Waals surface area contributed by atoms with Crippen LogP contribution in [0.4, 0.5) is 5.13 Å². The number of anilines is 1. The van der Waals surface area contributed by atoms with Crippen molar-refractivity contribution in [2.75, 3.05) is 12.8 Å². The first-order valence-electron chi connectivity index (χ1n) is 7.80. The Labute approximate surface area is 136 Å². The number of nitrogens with two attached hydrogens (primary N) is 1. The lowest BCUT2D eigenvalue weighted by Crippen LogP contribution is -2.30. The Hall–Kier alpha value is -1.43. The summed E-state index contributed by atoms with van der Waals surface area (Å²) in [4.78, 5) is 4.35. The summed E-state index contributed by atoms with van der Waals surface area (Å²) in [6, 6.07) is 9.28. The van der Waals surface area contributed by atoms with Crippen molar-refractivity contribution in [1.82, 2.24) is 10.3 Å². The van der Waals surface area contributed by atoms with Crippen LogP contribution in [0.5, 0.6) is 0 Å². The SMILES string of the molecule is CO.Nc1nc(-c2cccc(CNC3CCCCC3)c2)cs1. The summed E-state index contributed by atoms with van der Waals surface area (Å²) in [6.45, 7) is 0.943. The zero-order valence-corrected chi connectivity index (χ0v) is 13.9. The van der Waals surface area contributed by atoms with Gasteiger partial charge in [-0.2, -0.15) is 0 Å². The van der Waals surface area contributed by atoms with Crippen molar-refractivity contribution in [2.24, 2.45) is 0 Å². The molecule has 1 aliphatic carbocycles. The van der Waals surface area contributed by atoms with Gasteiger partial charge in [0.2, 0.25) is 0 Å². The van der Waals surface area contributed by atoms with Gasteiger partial charge in [0.15, 0.2) is 5.13 Å². The van der Waals surface area contributed by atoms with Crippen LogP contribution in [-0.4, -0.2) is 23.2 Å². The van der Waals surface area contributed by atoms with Crippen LogP contribution in [0, 0.1) is 0 Å². The van der Waals surface area contributed by atoms with Crippen molar-refractivity contribution in [1.29, 1.82) is 0 Å². The number of aliphatic hydroxyl groups is 1. The molecule has 5 heteroatoms. The average molecular weight is 319 g/mol. The predicted molar refractivity (Wildman–Crippen MR) is 93.8 cm³/mol. The van der Waals surface area contributed by atoms with Gasteiger partial charge in [0.1, 0.15) is 0 Å². The summed E-state index contributed by atoms with van der Waals surface area (Å²) >= 11 is 1.49. The van der Waals surface area contributed by atoms with Crippen LogP contribution >= 0.6 is 11.3 Å². The Kier molecular flexibility index (Phi) is 6.83. The maximum atomic E-state index is 7.00. The monoisotopic (exact) mass is 319 g/mol. The molecule has 2 aromatic rings. The van der Waals surface area contributed by atoms with E-state index >= 15 is 0 Å². The highest BCUT2D eigenvalue weighted by molar-refractivity contribution is 7.13. The van der Waals surface area contributed by atoms with Crippen LogP contribution in [0.2, 0.25) is 0 Å². The standard InChI is InChI=1S/C16H21N3S.CH4O/c17-16-19-15(11-20-16)13-6-4-5-12(9-13)10-18-14-7-2-1-3-8-14;1-2/h4-6,9,11,14,18H,1-3,7-8,10H2,(H2,17,19);2H,1H3. The normalized spacial score (nSPS) is 15.2. The van der Waals surface area contributed by atoms with E-state index in [1.165, 1.54) is 49.0 Å². The second kappa shape index (κ2) is 8.88. The van der Waals surface area contributed by atoms with Gasteiger partial charge < -0.3 is 16.2 Å². The minimum absolute atomic E-state index is 0.630. The van der Waals surface area contributed by atoms with E-state index in [-0.39, 0.29) is 0 Å². The molecule has 0 aliphatic heterocycles. The van der Waals surface area contributed by atoms with E-state index in [0.29, 0.717) is 11.2 Å². The van der Waals surface area contributed by atoms with Crippen LogP contribution in [0.3, 0.4) is 0 Å². The van der Waals surface area contributed by atoms with Crippen molar-refractivity contribution in [3.8, 4) is 11.3 Å². The fraction of sp³-hybridized carbons (Fsp3) is 0.471. The molecule has 1 heterocycles. The van der Waals surface area contributed by atoms with Crippen molar-refractivity contribution in [2.45, 2.75) is 44.7 Å². The zero-order valence-electron chi connectivity index (χ0n) is 13.1. The van der Waals surface area contributed by atoms with Crippen LogP contribution in [0.25, 0.3) is 11.3 Å². The molecule has 3 rings (SSSR count). The number of thiazole rings is 1. The number of benzene rings is 1. The number of hydrogen-bond donors (Lipinski definition) is 3. The van der Waals surface area contributed by atoms with E-state index < -0.39 is 0 Å². The quantitative estimate of drug-likeness (QED) is 0.807. The summed E-state index contributed by atoms with van der Waals surface area (Å²) in [5.74, 6) is 0. The van der Waals surface area contributed by atoms with Gasteiger partial charge in [0.05, 0.1) is 5.69 Å². The topological polar surface area (TPSA) is 71.2 Å². The van der Waals surface area contributed by atoms with E-state index in [1.54, 1.807) is 0 Å². The highest BCUT2D eigenvalue weighted by Gasteiger charge is 2.12. The molecule has 0 saturated heterocycles. The molecule has 1 aromatic carbocycles. The zero-order chi connectivity index (χ0) is 15.8. The summed E-state index contributed by atoms with van der Waals surface area (Å²) in [5.41, 5.74) is 9.16. The van der Waals surface area contributed by atoms with Crippen molar-refractivity contribution in [3.63, 3.8) is 0 Å². The molecule has 1 aromatic heterocycles. The Morgan fingerprint density at radius 3 is 2.73 bits per heavy atom. The number of aromatic nitrogens is 1. The van der Waals surface area contributed by atoms with Gasteiger partial charge in [-0.3, -0.25) is 0 Å². The molecule has 4 N–H and O–H groups in total. The van der Waals surface area contributed by atoms with Crippen molar-refractivity contribution >= 4 is 16.5 Å². The molecule has 0 spiro atoms. The summed E-state index contributed by atoms with van der Waals surface area (Å²) in [7, 11) is 1.00. The van der Waals surface area contributed by atoms with E-state index in [1.807, 2.05) is 5.38 Å². The van der Waals surface area contributed by atoms with Crippen LogP contribution in [-0.2, 0) is 6.54 Å². The molecular weight excluding hydrogens is 294 g/mol. The van der Waals surface area contributed by atoms with Gasteiger partial charge in [-0.05, 0) is 24.5 Å². The van der Waals surface area contributed by atoms with E-state index in [2.05, 4.69) is 34.6 Å². The Bertz CT molecular complexity index is 565. The highest BCUT2D eigenvalue weighted by Crippen LogP contribution is 2.24. The minimum Gasteiger partial charge on any atom is -0.400 e. The number of aliphatic hydroxyl groups excluding tert-OH is 1. The molecule has 4 nitrogen and oxygen atoms in total. The van der Waals surface area contributed by atoms with Crippen LogP contribution in [0.15, 0.2) is 29.6 Å². The Morgan fingerprint density at radius 1 is 1.27 bits per heavy atom. The fourth-order valence-electron chi connectivity index (χ4n) is 2.83. The third-order valence-electron chi connectivity index (χ3n) is 3.94. The van der Waals surface area contributed by atoms with E-state index in [9.17, 15) is 0 Å². The molecule has 1 fully saturated rings. The molecule has 120 valence electrons. The van der Waals surface area contributed by atoms with Crippen molar-refractivity contribution in [3.05, 3.63) is 35.2 Å². The third-order valence-corrected chi connectivity index (χ3v) is 4.62. The van der Waals surface area contributed by atoms with Crippen LogP contribution in [0.1, 0.15) is 37.7 Å². The second-order valence-corrected chi connectivity index (χ2v) is 6.38. The summed E-state index contributed by atoms with van der Waals surface area (Å²) in [6.07, 6.45) is 6.79. The van der Waals surface area contributed by atoms with Gasteiger partial charge >= 0.3 is 0 Å². The molecule has 1 aliphatic rings. The van der Waals surface area contributed by atoms with E-state index in [0.717, 1.165) is 24.9 Å². The van der Waals surface area contributed by atoms with E-state index in [4.69, 9.17) is 10.8 Å². The maximum Gasteiger partial charge on any atom is 0.180 e. The molecule has 0 atom stereocenters. The average Bonchev–Trinajstić information content (AvgIpc) is 3.03. The number of rotatable bonds is 4. The number of nitrogen functional groups attached to an aromatic ring is 1. The first-order valence-corrected chi connectivity index (χ1v) is 8.67. The summed E-state index contributed by atoms with van der Waals surface area (Å²) < 4.78 is 0. The first-order chi connectivity index (χ1) is 10.8. The first kappa shape index (κ1) is 16.9. The molecule has 0 radical (unpaired) electrons. The molecule has 0 amide bonds. The van der Waals surface area contributed by atoms with Gasteiger partial charge in [-0.15, -0.1) is 11.3 Å². The lowest BCUT2D eigenvalue weighted by molar-refractivity contribution is 0.372. The largest absolute Gasteiger partial charge is 0.400 e. The number of nitrogens with zero attached hydrogens (tertiary/aromatic N) is 1. The van der Waals surface area contributed by atoms with Gasteiger partial charge in [-0.25, -0.2) is 4.98 Å². The molecule has 0 bridgehead atoms. The fourth-order valence-corrected chi connectivity index (χ4v) is 3.40. The van der Waals surface area contributed by atoms with Crippen molar-refractivity contribution < 1.29 is 5.11 Å². The van der Waals surface area contributed by atoms with Crippen LogP contribution < -0.4 is 11.1 Å². The third kappa shape index (κ3) is 4.80. The lowest BCUT2D eigenvalue weighted by atomic mass is 9.95. The highest BCUT2D eigenvalue weighted by atomic mass is 32.1. The maximum absolute atomic E-state index is 7.00. The smallest absolute Gasteiger partial charge is 0.180 e. The number of hydrogen-bond acceptors (Lipinski definition) is 5. The number of nitrogens with one attached hydrogen (secondary N) is 1. The molecule has 22 heavy (non-hydrogen) atoms. The Balaban J connectivity index is 0.000000847. The summed E-state index contributed by atoms with van der Waals surface area (Å²) in [5, 5.41) is 13.3. The van der Waals surface area contributed by atoms with Gasteiger partial charge in [-0.1, -0.05) is 37.5 Å². The van der Waals surface area contributed by atoms with Gasteiger partial charge in [0.25, 0.3) is 0 Å². The minimum atomic E-state index is 0.630. The van der Waals surface area contributed by atoms with Gasteiger partial charge in [0, 0.05) is 30.6 Å². The Morgan fingerprint density at radius 2 is 2.05 bits per heavy atom. The predicted octanol–water partition coefficient (Wildman–Crippen LogP) is 3.42. The molecule has 1 saturated carbocycles. The molecular formula is C17H25N3OS.